The fourth-order valence-corrected chi connectivity index (χ4v) is 3.28. The first-order chi connectivity index (χ1) is 10.3. The third kappa shape index (κ3) is 3.69. The molecule has 0 aromatic heterocycles. The van der Waals surface area contributed by atoms with Crippen molar-refractivity contribution in [3.63, 3.8) is 0 Å². The van der Waals surface area contributed by atoms with E-state index in [9.17, 15) is 0 Å². The van der Waals surface area contributed by atoms with Gasteiger partial charge in [0.05, 0.1) is 6.61 Å². The lowest BCUT2D eigenvalue weighted by Crippen LogP contribution is -2.31. The van der Waals surface area contributed by atoms with Crippen LogP contribution in [0, 0.1) is 11.8 Å². The zero-order valence-corrected chi connectivity index (χ0v) is 12.8. The van der Waals surface area contributed by atoms with Gasteiger partial charge in [-0.3, -0.25) is 4.90 Å². The zero-order valence-electron chi connectivity index (χ0n) is 12.8. The second kappa shape index (κ2) is 6.67. The van der Waals surface area contributed by atoms with Crippen LogP contribution in [-0.2, 0) is 0 Å². The van der Waals surface area contributed by atoms with Gasteiger partial charge < -0.3 is 15.2 Å². The summed E-state index contributed by atoms with van der Waals surface area (Å²) in [5, 5.41) is 0. The quantitative estimate of drug-likeness (QED) is 0.836. The summed E-state index contributed by atoms with van der Waals surface area (Å²) in [5.74, 6) is 3.26. The maximum atomic E-state index is 6.25. The van der Waals surface area contributed by atoms with Gasteiger partial charge in [-0.25, -0.2) is 0 Å². The Morgan fingerprint density at radius 3 is 2.52 bits per heavy atom. The van der Waals surface area contributed by atoms with Gasteiger partial charge in [-0.15, -0.1) is 0 Å². The van der Waals surface area contributed by atoms with Crippen molar-refractivity contribution < 1.29 is 9.47 Å². The largest absolute Gasteiger partial charge is 0.490 e. The Balaban J connectivity index is 1.46. The molecule has 1 saturated heterocycles. The van der Waals surface area contributed by atoms with Gasteiger partial charge in [0.25, 0.3) is 0 Å². The molecule has 0 bridgehead atoms. The molecule has 1 aromatic carbocycles. The lowest BCUT2D eigenvalue weighted by atomic mass is 9.99. The van der Waals surface area contributed by atoms with Crippen molar-refractivity contribution in [2.24, 2.45) is 17.6 Å². The Kier molecular flexibility index (Phi) is 4.66. The number of nitrogens with two attached hydrogens (primary N) is 1. The Morgan fingerprint density at radius 1 is 1.14 bits per heavy atom. The van der Waals surface area contributed by atoms with Gasteiger partial charge in [0, 0.05) is 25.7 Å². The first-order valence-electron chi connectivity index (χ1n) is 8.10. The van der Waals surface area contributed by atoms with E-state index in [4.69, 9.17) is 15.2 Å². The molecule has 2 atom stereocenters. The second-order valence-corrected chi connectivity index (χ2v) is 6.15. The highest BCUT2D eigenvalue weighted by Crippen LogP contribution is 2.40. The Morgan fingerprint density at radius 2 is 1.86 bits per heavy atom. The van der Waals surface area contributed by atoms with Crippen LogP contribution in [0.1, 0.15) is 19.8 Å². The molecule has 1 heterocycles. The molecule has 2 N–H and O–H groups in total. The number of hydrogen-bond donors (Lipinski definition) is 1. The molecule has 0 spiro atoms. The first-order valence-corrected chi connectivity index (χ1v) is 8.10. The zero-order chi connectivity index (χ0) is 14.7. The number of para-hydroxylation sites is 2. The van der Waals surface area contributed by atoms with Gasteiger partial charge in [-0.1, -0.05) is 12.1 Å². The molecule has 1 aliphatic carbocycles. The molecule has 3 rings (SSSR count). The smallest absolute Gasteiger partial charge is 0.161 e. The van der Waals surface area contributed by atoms with Crippen LogP contribution in [0.5, 0.6) is 11.5 Å². The fraction of sp³-hybridized carbons (Fsp3) is 0.647. The van der Waals surface area contributed by atoms with Gasteiger partial charge >= 0.3 is 0 Å². The van der Waals surface area contributed by atoms with Crippen molar-refractivity contribution in [2.45, 2.75) is 25.8 Å². The molecule has 1 saturated carbocycles. The predicted octanol–water partition coefficient (Wildman–Crippen LogP) is 2.13. The first kappa shape index (κ1) is 14.7. The summed E-state index contributed by atoms with van der Waals surface area (Å²) in [6, 6.07) is 8.22. The number of ether oxygens (including phenoxy) is 2. The molecule has 21 heavy (non-hydrogen) atoms. The number of likely N-dealkylation sites (tertiary alicyclic amines) is 1. The maximum Gasteiger partial charge on any atom is 0.161 e. The Bertz CT molecular complexity index is 462. The number of benzene rings is 1. The fourth-order valence-electron chi connectivity index (χ4n) is 3.28. The van der Waals surface area contributed by atoms with Crippen molar-refractivity contribution in [2.75, 3.05) is 32.8 Å². The summed E-state index contributed by atoms with van der Waals surface area (Å²) in [4.78, 5) is 2.44. The van der Waals surface area contributed by atoms with Crippen LogP contribution in [0.25, 0.3) is 0 Å². The average molecular weight is 290 g/mol. The van der Waals surface area contributed by atoms with Crippen LogP contribution < -0.4 is 15.2 Å². The summed E-state index contributed by atoms with van der Waals surface area (Å²) in [6.45, 7) is 6.43. The molecule has 2 fully saturated rings. The van der Waals surface area contributed by atoms with Gasteiger partial charge in [0.1, 0.15) is 6.61 Å². The van der Waals surface area contributed by atoms with Gasteiger partial charge in [-0.2, -0.15) is 0 Å². The van der Waals surface area contributed by atoms with E-state index >= 15 is 0 Å². The molecule has 1 aliphatic heterocycles. The molecule has 2 aliphatic rings. The van der Waals surface area contributed by atoms with Crippen molar-refractivity contribution >= 4 is 0 Å². The minimum absolute atomic E-state index is 0.355. The van der Waals surface area contributed by atoms with Crippen LogP contribution in [0.3, 0.4) is 0 Å². The Hall–Kier alpha value is -1.26. The highest BCUT2D eigenvalue weighted by Gasteiger charge is 2.40. The van der Waals surface area contributed by atoms with Crippen LogP contribution in [0.4, 0.5) is 0 Å². The topological polar surface area (TPSA) is 47.7 Å². The van der Waals surface area contributed by atoms with E-state index in [0.29, 0.717) is 25.2 Å². The lowest BCUT2D eigenvalue weighted by molar-refractivity contribution is 0.220. The van der Waals surface area contributed by atoms with E-state index in [1.165, 1.54) is 12.8 Å². The second-order valence-electron chi connectivity index (χ2n) is 6.15. The van der Waals surface area contributed by atoms with Crippen molar-refractivity contribution in [3.8, 4) is 11.5 Å². The van der Waals surface area contributed by atoms with E-state index in [-0.39, 0.29) is 0 Å². The minimum atomic E-state index is 0.355. The predicted molar refractivity (Wildman–Crippen MR) is 83.7 cm³/mol. The summed E-state index contributed by atoms with van der Waals surface area (Å²) in [6.07, 6.45) is 2.76. The molecule has 4 nitrogen and oxygen atoms in total. The molecule has 0 radical (unpaired) electrons. The molecular formula is C17H26N2O2. The van der Waals surface area contributed by atoms with E-state index in [1.54, 1.807) is 0 Å². The molecule has 1 aromatic rings. The number of hydrogen-bond acceptors (Lipinski definition) is 4. The number of rotatable bonds is 7. The molecule has 116 valence electrons. The standard InChI is InChI=1S/C17H26N2O2/c1-2-20-16-5-3-4-6-17(16)21-10-9-19-11-14(13-7-8-13)15(18)12-19/h3-6,13-15H,2,7-12,18H2,1H3/t14-,15+/m1/s1. The van der Waals surface area contributed by atoms with Crippen LogP contribution in [0.2, 0.25) is 0 Å². The lowest BCUT2D eigenvalue weighted by Gasteiger charge is -2.17. The molecular weight excluding hydrogens is 264 g/mol. The van der Waals surface area contributed by atoms with Gasteiger partial charge in [0.15, 0.2) is 11.5 Å². The van der Waals surface area contributed by atoms with Crippen molar-refractivity contribution in [1.29, 1.82) is 0 Å². The number of nitrogens with zero attached hydrogens (tertiary/aromatic N) is 1. The molecule has 4 heteroatoms. The van der Waals surface area contributed by atoms with Gasteiger partial charge in [-0.05, 0) is 43.7 Å². The van der Waals surface area contributed by atoms with E-state index < -0.39 is 0 Å². The maximum absolute atomic E-state index is 6.25. The van der Waals surface area contributed by atoms with Crippen molar-refractivity contribution in [3.05, 3.63) is 24.3 Å². The van der Waals surface area contributed by atoms with Crippen LogP contribution in [-0.4, -0.2) is 43.8 Å². The van der Waals surface area contributed by atoms with Crippen LogP contribution >= 0.6 is 0 Å². The minimum Gasteiger partial charge on any atom is -0.490 e. The average Bonchev–Trinajstić information content (AvgIpc) is 3.25. The normalized spacial score (nSPS) is 26.0. The highest BCUT2D eigenvalue weighted by atomic mass is 16.5. The van der Waals surface area contributed by atoms with E-state index in [2.05, 4.69) is 4.90 Å². The molecule has 0 unspecified atom stereocenters. The summed E-state index contributed by atoms with van der Waals surface area (Å²) >= 11 is 0. The van der Waals surface area contributed by atoms with Crippen LogP contribution in [0.15, 0.2) is 24.3 Å². The third-order valence-corrected chi connectivity index (χ3v) is 4.53. The van der Waals surface area contributed by atoms with Gasteiger partial charge in [0.2, 0.25) is 0 Å². The summed E-state index contributed by atoms with van der Waals surface area (Å²) in [5.41, 5.74) is 6.25. The van der Waals surface area contributed by atoms with E-state index in [1.807, 2.05) is 31.2 Å². The Labute approximate surface area is 127 Å². The molecule has 0 amide bonds. The van der Waals surface area contributed by atoms with E-state index in [0.717, 1.165) is 37.1 Å². The SMILES string of the molecule is CCOc1ccccc1OCCN1C[C@H](C2CC2)[C@@H](N)C1. The highest BCUT2D eigenvalue weighted by molar-refractivity contribution is 5.39. The summed E-state index contributed by atoms with van der Waals surface area (Å²) < 4.78 is 11.5. The third-order valence-electron chi connectivity index (χ3n) is 4.53. The summed E-state index contributed by atoms with van der Waals surface area (Å²) in [7, 11) is 0. The van der Waals surface area contributed by atoms with Crippen molar-refractivity contribution in [1.82, 2.24) is 4.90 Å². The monoisotopic (exact) mass is 290 g/mol.